The quantitative estimate of drug-likeness (QED) is 0.491. The van der Waals surface area contributed by atoms with Gasteiger partial charge in [-0.05, 0) is 0 Å². The lowest BCUT2D eigenvalue weighted by Crippen LogP contribution is -2.31. The summed E-state index contributed by atoms with van der Waals surface area (Å²) < 4.78 is 5.12. The summed E-state index contributed by atoms with van der Waals surface area (Å²) in [6.45, 7) is 3.35. The molecule has 0 saturated carbocycles. The maximum atomic E-state index is 8.20. The van der Waals surface area contributed by atoms with Crippen molar-refractivity contribution in [3.8, 4) is 6.07 Å². The molecule has 3 heteroatoms. The van der Waals surface area contributed by atoms with Crippen LogP contribution in [-0.2, 0) is 4.74 Å². The maximum absolute atomic E-state index is 8.20. The number of ether oxygens (including phenoxy) is 1. The molecular formula is C7H10N2O. The van der Waals surface area contributed by atoms with Crippen LogP contribution in [0.2, 0.25) is 0 Å². The highest BCUT2D eigenvalue weighted by Crippen LogP contribution is 1.95. The van der Waals surface area contributed by atoms with E-state index in [2.05, 4.69) is 4.90 Å². The van der Waals surface area contributed by atoms with Gasteiger partial charge in [-0.1, -0.05) is 0 Å². The van der Waals surface area contributed by atoms with E-state index in [1.165, 1.54) is 6.08 Å². The van der Waals surface area contributed by atoms with Gasteiger partial charge in [0.25, 0.3) is 0 Å². The van der Waals surface area contributed by atoms with E-state index in [0.717, 1.165) is 26.3 Å². The molecule has 0 aliphatic carbocycles. The topological polar surface area (TPSA) is 36.3 Å². The molecule has 0 unspecified atom stereocenters. The minimum absolute atomic E-state index is 0.774. The van der Waals surface area contributed by atoms with E-state index in [1.54, 1.807) is 0 Å². The van der Waals surface area contributed by atoms with E-state index < -0.39 is 0 Å². The lowest BCUT2D eigenvalue weighted by Gasteiger charge is -2.24. The molecule has 0 aromatic heterocycles. The van der Waals surface area contributed by atoms with Crippen LogP contribution in [0.1, 0.15) is 0 Å². The summed E-state index contributed by atoms with van der Waals surface area (Å²) in [5.41, 5.74) is 0. The highest BCUT2D eigenvalue weighted by Gasteiger charge is 2.03. The van der Waals surface area contributed by atoms with Gasteiger partial charge in [0.1, 0.15) is 0 Å². The van der Waals surface area contributed by atoms with Crippen LogP contribution >= 0.6 is 0 Å². The van der Waals surface area contributed by atoms with Crippen LogP contribution in [0.25, 0.3) is 0 Å². The van der Waals surface area contributed by atoms with Crippen molar-refractivity contribution in [2.75, 3.05) is 26.3 Å². The molecule has 1 saturated heterocycles. The Bertz CT molecular complexity index is 153. The molecule has 0 radical (unpaired) electrons. The Kier molecular flexibility index (Phi) is 2.78. The zero-order valence-corrected chi connectivity index (χ0v) is 5.79. The maximum Gasteiger partial charge on any atom is 0.0927 e. The van der Waals surface area contributed by atoms with Crippen LogP contribution in [0.5, 0.6) is 0 Å². The van der Waals surface area contributed by atoms with Crippen molar-refractivity contribution in [2.24, 2.45) is 0 Å². The van der Waals surface area contributed by atoms with Gasteiger partial charge in [-0.25, -0.2) is 0 Å². The van der Waals surface area contributed by atoms with Gasteiger partial charge in [-0.2, -0.15) is 5.26 Å². The number of morpholine rings is 1. The fraction of sp³-hybridized carbons (Fsp3) is 0.571. The molecule has 1 fully saturated rings. The third-order valence-electron chi connectivity index (χ3n) is 1.41. The Balaban J connectivity index is 2.27. The van der Waals surface area contributed by atoms with Gasteiger partial charge in [0.15, 0.2) is 0 Å². The van der Waals surface area contributed by atoms with Crippen molar-refractivity contribution >= 4 is 0 Å². The molecule has 10 heavy (non-hydrogen) atoms. The van der Waals surface area contributed by atoms with Crippen molar-refractivity contribution in [1.29, 1.82) is 5.26 Å². The molecule has 1 aliphatic heterocycles. The van der Waals surface area contributed by atoms with Gasteiger partial charge >= 0.3 is 0 Å². The molecule has 0 amide bonds. The molecule has 0 spiro atoms. The standard InChI is InChI=1S/C7H10N2O/c8-2-1-3-9-4-6-10-7-5-9/h1,3H,4-7H2/b3-1+. The van der Waals surface area contributed by atoms with Gasteiger partial charge in [-0.15, -0.1) is 0 Å². The first-order valence-electron chi connectivity index (χ1n) is 3.31. The Labute approximate surface area is 60.5 Å². The molecular weight excluding hydrogens is 128 g/mol. The first-order chi connectivity index (χ1) is 4.93. The molecule has 3 nitrogen and oxygen atoms in total. The van der Waals surface area contributed by atoms with Crippen LogP contribution in [0.15, 0.2) is 12.3 Å². The molecule has 0 aromatic rings. The van der Waals surface area contributed by atoms with Crippen molar-refractivity contribution in [2.45, 2.75) is 0 Å². The minimum Gasteiger partial charge on any atom is -0.378 e. The lowest BCUT2D eigenvalue weighted by atomic mass is 10.4. The predicted octanol–water partition coefficient (Wildman–Crippen LogP) is 0.356. The van der Waals surface area contributed by atoms with E-state index in [4.69, 9.17) is 10.00 Å². The number of rotatable bonds is 1. The summed E-state index contributed by atoms with van der Waals surface area (Å²) in [5, 5.41) is 8.20. The number of nitriles is 1. The summed E-state index contributed by atoms with van der Waals surface area (Å²) >= 11 is 0. The molecule has 1 aliphatic rings. The molecule has 0 N–H and O–H groups in total. The van der Waals surface area contributed by atoms with Crippen molar-refractivity contribution in [3.63, 3.8) is 0 Å². The van der Waals surface area contributed by atoms with Crippen molar-refractivity contribution in [1.82, 2.24) is 4.90 Å². The summed E-state index contributed by atoms with van der Waals surface area (Å²) in [7, 11) is 0. The highest BCUT2D eigenvalue weighted by molar-refractivity contribution is 5.01. The summed E-state index contributed by atoms with van der Waals surface area (Å²) in [5.74, 6) is 0. The van der Waals surface area contributed by atoms with Crippen LogP contribution < -0.4 is 0 Å². The SMILES string of the molecule is N#C/C=C/N1CCOCC1. The van der Waals surface area contributed by atoms with E-state index in [-0.39, 0.29) is 0 Å². The average Bonchev–Trinajstić information content (AvgIpc) is 2.03. The van der Waals surface area contributed by atoms with Gasteiger partial charge in [0, 0.05) is 25.4 Å². The molecule has 54 valence electrons. The predicted molar refractivity (Wildman–Crippen MR) is 37.1 cm³/mol. The second kappa shape index (κ2) is 3.91. The first kappa shape index (κ1) is 7.10. The van der Waals surface area contributed by atoms with Crippen LogP contribution in [0.3, 0.4) is 0 Å². The Morgan fingerprint density at radius 1 is 1.40 bits per heavy atom. The number of hydrogen-bond donors (Lipinski definition) is 0. The van der Waals surface area contributed by atoms with Gasteiger partial charge in [-0.3, -0.25) is 0 Å². The molecule has 1 rings (SSSR count). The first-order valence-corrected chi connectivity index (χ1v) is 3.31. The minimum atomic E-state index is 0.774. The third kappa shape index (κ3) is 2.08. The van der Waals surface area contributed by atoms with E-state index >= 15 is 0 Å². The normalized spacial score (nSPS) is 19.3. The van der Waals surface area contributed by atoms with E-state index in [9.17, 15) is 0 Å². The fourth-order valence-corrected chi connectivity index (χ4v) is 0.865. The van der Waals surface area contributed by atoms with Gasteiger partial charge in [0.05, 0.1) is 19.3 Å². The van der Waals surface area contributed by atoms with E-state index in [1.807, 2.05) is 12.3 Å². The van der Waals surface area contributed by atoms with Crippen molar-refractivity contribution < 1.29 is 4.74 Å². The number of nitrogens with zero attached hydrogens (tertiary/aromatic N) is 2. The molecule has 1 heterocycles. The second-order valence-corrected chi connectivity index (χ2v) is 2.09. The van der Waals surface area contributed by atoms with Crippen molar-refractivity contribution in [3.05, 3.63) is 12.3 Å². The van der Waals surface area contributed by atoms with Gasteiger partial charge in [0.2, 0.25) is 0 Å². The Hall–Kier alpha value is -1.01. The number of allylic oxidation sites excluding steroid dienone is 1. The fourth-order valence-electron chi connectivity index (χ4n) is 0.865. The number of hydrogen-bond acceptors (Lipinski definition) is 3. The summed E-state index contributed by atoms with van der Waals surface area (Å²) in [4.78, 5) is 2.08. The Morgan fingerprint density at radius 2 is 2.10 bits per heavy atom. The second-order valence-electron chi connectivity index (χ2n) is 2.09. The largest absolute Gasteiger partial charge is 0.378 e. The van der Waals surface area contributed by atoms with Crippen LogP contribution in [0, 0.1) is 11.3 Å². The Morgan fingerprint density at radius 3 is 2.70 bits per heavy atom. The van der Waals surface area contributed by atoms with Crippen LogP contribution in [-0.4, -0.2) is 31.2 Å². The van der Waals surface area contributed by atoms with Crippen LogP contribution in [0.4, 0.5) is 0 Å². The monoisotopic (exact) mass is 138 g/mol. The smallest absolute Gasteiger partial charge is 0.0927 e. The summed E-state index contributed by atoms with van der Waals surface area (Å²) in [6.07, 6.45) is 3.30. The van der Waals surface area contributed by atoms with Gasteiger partial charge < -0.3 is 9.64 Å². The molecule has 0 bridgehead atoms. The highest BCUT2D eigenvalue weighted by atomic mass is 16.5. The molecule has 0 atom stereocenters. The third-order valence-corrected chi connectivity index (χ3v) is 1.41. The zero-order valence-electron chi connectivity index (χ0n) is 5.79. The summed E-state index contributed by atoms with van der Waals surface area (Å²) in [6, 6.07) is 1.95. The molecule has 0 aromatic carbocycles. The van der Waals surface area contributed by atoms with E-state index in [0.29, 0.717) is 0 Å². The average molecular weight is 138 g/mol. The lowest BCUT2D eigenvalue weighted by molar-refractivity contribution is 0.0594. The zero-order chi connectivity index (χ0) is 7.23.